The van der Waals surface area contributed by atoms with Crippen molar-refractivity contribution < 1.29 is 4.79 Å². The Morgan fingerprint density at radius 2 is 2.21 bits per heavy atom. The van der Waals surface area contributed by atoms with Crippen LogP contribution in [-0.2, 0) is 0 Å². The highest BCUT2D eigenvalue weighted by molar-refractivity contribution is 6.35. The number of aromatic nitrogens is 1. The van der Waals surface area contributed by atoms with Gasteiger partial charge in [0.25, 0.3) is 5.91 Å². The van der Waals surface area contributed by atoms with Crippen molar-refractivity contribution in [1.82, 2.24) is 10.3 Å². The molecular formula is C15H17ClN2O. The molecule has 1 amide bonds. The Morgan fingerprint density at radius 1 is 1.47 bits per heavy atom. The second-order valence-electron chi connectivity index (χ2n) is 4.73. The van der Waals surface area contributed by atoms with Gasteiger partial charge in [-0.15, -0.1) is 0 Å². The molecule has 0 radical (unpaired) electrons. The number of nitrogens with zero attached hydrogens (tertiary/aromatic N) is 1. The fraction of sp³-hybridized carbons (Fsp3) is 0.333. The van der Waals surface area contributed by atoms with Crippen LogP contribution in [0.2, 0.25) is 5.02 Å². The Morgan fingerprint density at radius 3 is 2.89 bits per heavy atom. The lowest BCUT2D eigenvalue weighted by atomic mass is 10.1. The summed E-state index contributed by atoms with van der Waals surface area (Å²) in [5.74, 6) is -0.0767. The first-order valence-corrected chi connectivity index (χ1v) is 6.77. The molecule has 0 spiro atoms. The first kappa shape index (κ1) is 13.8. The lowest BCUT2D eigenvalue weighted by Gasteiger charge is -2.13. The van der Waals surface area contributed by atoms with Crippen LogP contribution in [-0.4, -0.2) is 16.9 Å². The van der Waals surface area contributed by atoms with E-state index in [0.717, 1.165) is 17.5 Å². The van der Waals surface area contributed by atoms with Crippen molar-refractivity contribution in [2.24, 2.45) is 0 Å². The Bertz CT molecular complexity index is 625. The van der Waals surface area contributed by atoms with Crippen LogP contribution in [0.3, 0.4) is 0 Å². The summed E-state index contributed by atoms with van der Waals surface area (Å²) >= 11 is 6.14. The van der Waals surface area contributed by atoms with E-state index in [1.54, 1.807) is 12.1 Å². The van der Waals surface area contributed by atoms with E-state index in [4.69, 9.17) is 11.6 Å². The third-order valence-electron chi connectivity index (χ3n) is 3.15. The Hall–Kier alpha value is -1.61. The zero-order valence-corrected chi connectivity index (χ0v) is 12.1. The number of rotatable bonds is 3. The minimum Gasteiger partial charge on any atom is -0.350 e. The monoisotopic (exact) mass is 276 g/mol. The van der Waals surface area contributed by atoms with Gasteiger partial charge < -0.3 is 5.32 Å². The number of hydrogen-bond donors (Lipinski definition) is 1. The van der Waals surface area contributed by atoms with Gasteiger partial charge in [-0.3, -0.25) is 9.78 Å². The van der Waals surface area contributed by atoms with Crippen molar-refractivity contribution in [3.05, 3.63) is 40.5 Å². The molecule has 0 aliphatic heterocycles. The highest BCUT2D eigenvalue weighted by Crippen LogP contribution is 2.25. The van der Waals surface area contributed by atoms with Gasteiger partial charge in [-0.2, -0.15) is 0 Å². The van der Waals surface area contributed by atoms with Gasteiger partial charge in [-0.1, -0.05) is 30.7 Å². The van der Waals surface area contributed by atoms with Crippen molar-refractivity contribution >= 4 is 28.4 Å². The molecule has 0 aliphatic carbocycles. The van der Waals surface area contributed by atoms with E-state index in [1.807, 2.05) is 32.9 Å². The number of carbonyl (C=O) groups is 1. The first-order chi connectivity index (χ1) is 9.02. The zero-order chi connectivity index (χ0) is 14.0. The number of fused-ring (bicyclic) bond motifs is 1. The molecule has 1 atom stereocenters. The summed E-state index contributed by atoms with van der Waals surface area (Å²) in [5.41, 5.74) is 2.10. The third kappa shape index (κ3) is 2.87. The van der Waals surface area contributed by atoms with Gasteiger partial charge in [0.05, 0.1) is 16.1 Å². The van der Waals surface area contributed by atoms with Crippen LogP contribution in [0, 0.1) is 6.92 Å². The van der Waals surface area contributed by atoms with Crippen LogP contribution in [0.15, 0.2) is 24.3 Å². The molecule has 2 rings (SSSR count). The van der Waals surface area contributed by atoms with E-state index in [2.05, 4.69) is 10.3 Å². The van der Waals surface area contributed by atoms with E-state index in [-0.39, 0.29) is 11.9 Å². The topological polar surface area (TPSA) is 42.0 Å². The lowest BCUT2D eigenvalue weighted by molar-refractivity contribution is 0.0941. The molecule has 3 nitrogen and oxygen atoms in total. The Labute approximate surface area is 118 Å². The molecule has 100 valence electrons. The van der Waals surface area contributed by atoms with Crippen molar-refractivity contribution in [3.63, 3.8) is 0 Å². The van der Waals surface area contributed by atoms with E-state index in [0.29, 0.717) is 16.1 Å². The summed E-state index contributed by atoms with van der Waals surface area (Å²) < 4.78 is 0. The molecule has 19 heavy (non-hydrogen) atoms. The standard InChI is InChI=1S/C15H17ClN2O/c1-4-9(2)18-15(19)12-8-10(3)17-14-11(12)6-5-7-13(14)16/h5-9H,4H2,1-3H3,(H,18,19)/t9-/m1/s1. The van der Waals surface area contributed by atoms with E-state index in [9.17, 15) is 4.79 Å². The number of hydrogen-bond acceptors (Lipinski definition) is 2. The number of aryl methyl sites for hydroxylation is 1. The smallest absolute Gasteiger partial charge is 0.252 e. The molecule has 2 aromatic rings. The molecule has 0 aliphatic rings. The van der Waals surface area contributed by atoms with Gasteiger partial charge in [0.1, 0.15) is 0 Å². The highest BCUT2D eigenvalue weighted by Gasteiger charge is 2.14. The number of para-hydroxylation sites is 1. The second kappa shape index (κ2) is 5.57. The number of benzene rings is 1. The molecule has 1 N–H and O–H groups in total. The molecule has 4 heteroatoms. The molecule has 0 bridgehead atoms. The van der Waals surface area contributed by atoms with Gasteiger partial charge >= 0.3 is 0 Å². The van der Waals surface area contributed by atoms with Crippen LogP contribution in [0.1, 0.15) is 36.3 Å². The summed E-state index contributed by atoms with van der Waals surface area (Å²) in [7, 11) is 0. The van der Waals surface area contributed by atoms with Crippen molar-refractivity contribution in [2.45, 2.75) is 33.2 Å². The SMILES string of the molecule is CC[C@@H](C)NC(=O)c1cc(C)nc2c(Cl)cccc12. The van der Waals surface area contributed by atoms with Gasteiger partial charge in [0.2, 0.25) is 0 Å². The molecule has 1 aromatic heterocycles. The van der Waals surface area contributed by atoms with Gasteiger partial charge in [0.15, 0.2) is 0 Å². The van der Waals surface area contributed by atoms with E-state index in [1.165, 1.54) is 0 Å². The molecule has 0 saturated carbocycles. The fourth-order valence-corrected chi connectivity index (χ4v) is 2.15. The van der Waals surface area contributed by atoms with Gasteiger partial charge in [-0.25, -0.2) is 0 Å². The van der Waals surface area contributed by atoms with Crippen molar-refractivity contribution in [2.75, 3.05) is 0 Å². The summed E-state index contributed by atoms with van der Waals surface area (Å²) in [6, 6.07) is 7.44. The minimum atomic E-state index is -0.0767. The predicted molar refractivity (Wildman–Crippen MR) is 78.7 cm³/mol. The molecule has 0 saturated heterocycles. The first-order valence-electron chi connectivity index (χ1n) is 6.39. The van der Waals surface area contributed by atoms with Crippen molar-refractivity contribution in [1.29, 1.82) is 0 Å². The number of halogens is 1. The van der Waals surface area contributed by atoms with E-state index < -0.39 is 0 Å². The van der Waals surface area contributed by atoms with Gasteiger partial charge in [0, 0.05) is 17.1 Å². The van der Waals surface area contributed by atoms with E-state index >= 15 is 0 Å². The molecule has 1 heterocycles. The summed E-state index contributed by atoms with van der Waals surface area (Å²) in [4.78, 5) is 16.7. The Balaban J connectivity index is 2.54. The summed E-state index contributed by atoms with van der Waals surface area (Å²) in [6.45, 7) is 5.89. The maximum atomic E-state index is 12.3. The number of carbonyl (C=O) groups excluding carboxylic acids is 1. The van der Waals surface area contributed by atoms with Gasteiger partial charge in [-0.05, 0) is 32.4 Å². The summed E-state index contributed by atoms with van der Waals surface area (Å²) in [5, 5.41) is 4.33. The molecule has 1 aromatic carbocycles. The average molecular weight is 277 g/mol. The number of nitrogens with one attached hydrogen (secondary N) is 1. The highest BCUT2D eigenvalue weighted by atomic mass is 35.5. The lowest BCUT2D eigenvalue weighted by Crippen LogP contribution is -2.32. The van der Waals surface area contributed by atoms with Crippen LogP contribution >= 0.6 is 11.6 Å². The number of pyridine rings is 1. The zero-order valence-electron chi connectivity index (χ0n) is 11.3. The average Bonchev–Trinajstić information content (AvgIpc) is 2.38. The summed E-state index contributed by atoms with van der Waals surface area (Å²) in [6.07, 6.45) is 0.897. The van der Waals surface area contributed by atoms with Crippen LogP contribution < -0.4 is 5.32 Å². The maximum absolute atomic E-state index is 12.3. The minimum absolute atomic E-state index is 0.0767. The van der Waals surface area contributed by atoms with Crippen molar-refractivity contribution in [3.8, 4) is 0 Å². The normalized spacial score (nSPS) is 12.4. The van der Waals surface area contributed by atoms with Crippen LogP contribution in [0.4, 0.5) is 0 Å². The quantitative estimate of drug-likeness (QED) is 0.928. The predicted octanol–water partition coefficient (Wildman–Crippen LogP) is 3.72. The largest absolute Gasteiger partial charge is 0.350 e. The molecule has 0 fully saturated rings. The Kier molecular flexibility index (Phi) is 4.05. The third-order valence-corrected chi connectivity index (χ3v) is 3.46. The second-order valence-corrected chi connectivity index (χ2v) is 5.14. The maximum Gasteiger partial charge on any atom is 0.252 e. The molecular weight excluding hydrogens is 260 g/mol. The number of amides is 1. The van der Waals surface area contributed by atoms with Crippen LogP contribution in [0.5, 0.6) is 0 Å². The molecule has 0 unspecified atom stereocenters. The van der Waals surface area contributed by atoms with Crippen LogP contribution in [0.25, 0.3) is 10.9 Å². The fourth-order valence-electron chi connectivity index (χ4n) is 1.93.